The first-order chi connectivity index (χ1) is 13.6. The Labute approximate surface area is 158 Å². The molecule has 3 aromatic rings. The minimum absolute atomic E-state index is 0.235. The van der Waals surface area contributed by atoms with Crippen LogP contribution in [0.4, 0.5) is 11.5 Å². The van der Waals surface area contributed by atoms with Gasteiger partial charge in [0.25, 0.3) is 5.91 Å². The Morgan fingerprint density at radius 1 is 1.11 bits per heavy atom. The van der Waals surface area contributed by atoms with Crippen molar-refractivity contribution in [1.82, 2.24) is 20.4 Å². The third-order valence-corrected chi connectivity index (χ3v) is 3.48. The maximum Gasteiger partial charge on any atom is 0.374 e. The molecule has 0 unspecified atom stereocenters. The molecule has 142 valence electrons. The molecule has 0 bridgehead atoms. The van der Waals surface area contributed by atoms with Crippen LogP contribution in [0.2, 0.25) is 0 Å². The summed E-state index contributed by atoms with van der Waals surface area (Å²) in [5.41, 5.74) is 4.51. The number of carbonyl (C=O) groups excluding carboxylic acids is 1. The molecule has 0 atom stereocenters. The number of rotatable bonds is 7. The number of nitrogens with one attached hydrogen (secondary N) is 2. The molecule has 1 amide bonds. The number of carbonyl (C=O) groups is 1. The highest BCUT2D eigenvalue weighted by atomic mass is 16.6. The molecule has 28 heavy (non-hydrogen) atoms. The minimum Gasteiger partial charge on any atom is -0.493 e. The number of nitro groups is 1. The van der Waals surface area contributed by atoms with Gasteiger partial charge in [0, 0.05) is 18.0 Å². The van der Waals surface area contributed by atoms with Gasteiger partial charge < -0.3 is 9.47 Å². The van der Waals surface area contributed by atoms with Crippen LogP contribution in [0.1, 0.15) is 10.4 Å². The van der Waals surface area contributed by atoms with Crippen LogP contribution >= 0.6 is 0 Å². The van der Waals surface area contributed by atoms with Crippen LogP contribution in [-0.2, 0) is 0 Å². The largest absolute Gasteiger partial charge is 0.493 e. The average molecular weight is 382 g/mol. The molecule has 0 aliphatic rings. The predicted octanol–water partition coefficient (Wildman–Crippen LogP) is 2.34. The molecule has 1 aromatic carbocycles. The summed E-state index contributed by atoms with van der Waals surface area (Å²) in [7, 11) is 1.44. The Kier molecular flexibility index (Phi) is 5.55. The number of hydrazine groups is 1. The van der Waals surface area contributed by atoms with E-state index < -0.39 is 16.5 Å². The third-order valence-electron chi connectivity index (χ3n) is 3.48. The molecule has 0 aliphatic heterocycles. The minimum atomic E-state index is -0.717. The SMILES string of the molecule is COc1ccccc1Oc1ncnc(NNC(=O)c2ccncc2)c1[N+](=O)[O-]. The fraction of sp³-hybridized carbons (Fsp3) is 0.0588. The van der Waals surface area contributed by atoms with Gasteiger partial charge in [-0.2, -0.15) is 4.98 Å². The van der Waals surface area contributed by atoms with E-state index in [0.717, 1.165) is 6.33 Å². The second-order valence-corrected chi connectivity index (χ2v) is 5.20. The maximum absolute atomic E-state index is 12.1. The Balaban J connectivity index is 1.85. The van der Waals surface area contributed by atoms with Gasteiger partial charge in [0.2, 0.25) is 5.82 Å². The molecule has 2 aromatic heterocycles. The lowest BCUT2D eigenvalue weighted by Gasteiger charge is -2.11. The topological polar surface area (TPSA) is 141 Å². The number of para-hydroxylation sites is 2. The van der Waals surface area contributed by atoms with Gasteiger partial charge in [-0.3, -0.25) is 30.7 Å². The molecule has 2 heterocycles. The van der Waals surface area contributed by atoms with Crippen LogP contribution in [0.3, 0.4) is 0 Å². The van der Waals surface area contributed by atoms with Gasteiger partial charge in [-0.1, -0.05) is 12.1 Å². The summed E-state index contributed by atoms with van der Waals surface area (Å²) in [5, 5.41) is 11.6. The van der Waals surface area contributed by atoms with Crippen molar-refractivity contribution >= 4 is 17.4 Å². The number of hydrogen-bond donors (Lipinski definition) is 2. The number of aromatic nitrogens is 3. The number of nitrogens with zero attached hydrogens (tertiary/aromatic N) is 4. The summed E-state index contributed by atoms with van der Waals surface area (Å²) in [6.45, 7) is 0. The molecular formula is C17H14N6O5. The molecule has 2 N–H and O–H groups in total. The van der Waals surface area contributed by atoms with E-state index in [-0.39, 0.29) is 17.4 Å². The summed E-state index contributed by atoms with van der Waals surface area (Å²) < 4.78 is 10.7. The van der Waals surface area contributed by atoms with Gasteiger partial charge >= 0.3 is 11.6 Å². The lowest BCUT2D eigenvalue weighted by molar-refractivity contribution is -0.385. The normalized spacial score (nSPS) is 10.0. The van der Waals surface area contributed by atoms with E-state index in [1.165, 1.54) is 31.6 Å². The smallest absolute Gasteiger partial charge is 0.374 e. The van der Waals surface area contributed by atoms with Crippen LogP contribution < -0.4 is 20.3 Å². The summed E-state index contributed by atoms with van der Waals surface area (Å²) >= 11 is 0. The first kappa shape index (κ1) is 18.5. The third kappa shape index (κ3) is 4.09. The van der Waals surface area contributed by atoms with E-state index in [1.807, 2.05) is 0 Å². The molecule has 11 nitrogen and oxygen atoms in total. The van der Waals surface area contributed by atoms with E-state index in [9.17, 15) is 14.9 Å². The molecule has 0 saturated carbocycles. The van der Waals surface area contributed by atoms with Crippen molar-refractivity contribution in [3.8, 4) is 17.4 Å². The van der Waals surface area contributed by atoms with E-state index >= 15 is 0 Å². The molecule has 0 aliphatic carbocycles. The van der Waals surface area contributed by atoms with Crippen molar-refractivity contribution in [3.63, 3.8) is 0 Å². The van der Waals surface area contributed by atoms with Crippen molar-refractivity contribution < 1.29 is 19.2 Å². The molecule has 0 spiro atoms. The second kappa shape index (κ2) is 8.40. The number of anilines is 1. The molecule has 0 radical (unpaired) electrons. The lowest BCUT2D eigenvalue weighted by atomic mass is 10.3. The highest BCUT2D eigenvalue weighted by Crippen LogP contribution is 2.37. The molecule has 0 fully saturated rings. The number of ether oxygens (including phenoxy) is 2. The van der Waals surface area contributed by atoms with Crippen LogP contribution in [0.5, 0.6) is 17.4 Å². The van der Waals surface area contributed by atoms with E-state index in [1.54, 1.807) is 24.3 Å². The maximum atomic E-state index is 12.1. The first-order valence-electron chi connectivity index (χ1n) is 7.86. The number of hydrogen-bond acceptors (Lipinski definition) is 9. The van der Waals surface area contributed by atoms with Gasteiger partial charge in [-0.25, -0.2) is 4.98 Å². The molecule has 3 rings (SSSR count). The molecular weight excluding hydrogens is 368 g/mol. The van der Waals surface area contributed by atoms with Gasteiger partial charge in [-0.05, 0) is 24.3 Å². The van der Waals surface area contributed by atoms with E-state index in [2.05, 4.69) is 25.8 Å². The van der Waals surface area contributed by atoms with E-state index in [0.29, 0.717) is 11.3 Å². The van der Waals surface area contributed by atoms with Crippen molar-refractivity contribution in [2.45, 2.75) is 0 Å². The summed E-state index contributed by atoms with van der Waals surface area (Å²) in [5.74, 6) is -0.477. The van der Waals surface area contributed by atoms with Crippen LogP contribution in [0, 0.1) is 10.1 Å². The monoisotopic (exact) mass is 382 g/mol. The Morgan fingerprint density at radius 2 is 1.82 bits per heavy atom. The zero-order valence-electron chi connectivity index (χ0n) is 14.5. The number of amides is 1. The summed E-state index contributed by atoms with van der Waals surface area (Å²) in [6.07, 6.45) is 3.96. The zero-order chi connectivity index (χ0) is 19.9. The fourth-order valence-electron chi connectivity index (χ4n) is 2.19. The number of methoxy groups -OCH3 is 1. The van der Waals surface area contributed by atoms with Crippen molar-refractivity contribution in [1.29, 1.82) is 0 Å². The van der Waals surface area contributed by atoms with Gasteiger partial charge in [0.15, 0.2) is 11.5 Å². The fourth-order valence-corrected chi connectivity index (χ4v) is 2.19. The standard InChI is InChI=1S/C17H14N6O5/c1-27-12-4-2-3-5-13(12)28-17-14(23(25)26)15(19-10-20-17)21-22-16(24)11-6-8-18-9-7-11/h2-10H,1H3,(H,22,24)(H,19,20,21). The highest BCUT2D eigenvalue weighted by Gasteiger charge is 2.26. The zero-order valence-corrected chi connectivity index (χ0v) is 14.5. The van der Waals surface area contributed by atoms with Crippen molar-refractivity contribution in [3.05, 3.63) is 70.8 Å². The molecule has 11 heteroatoms. The molecule has 0 saturated heterocycles. The van der Waals surface area contributed by atoms with Crippen molar-refractivity contribution in [2.24, 2.45) is 0 Å². The van der Waals surface area contributed by atoms with Crippen LogP contribution in [0.15, 0.2) is 55.1 Å². The summed E-state index contributed by atoms with van der Waals surface area (Å²) in [6, 6.07) is 9.59. The van der Waals surface area contributed by atoms with Gasteiger partial charge in [0.1, 0.15) is 6.33 Å². The van der Waals surface area contributed by atoms with Crippen molar-refractivity contribution in [2.75, 3.05) is 12.5 Å². The predicted molar refractivity (Wildman–Crippen MR) is 97.1 cm³/mol. The van der Waals surface area contributed by atoms with Crippen LogP contribution in [0.25, 0.3) is 0 Å². The Bertz CT molecular complexity index is 998. The number of benzene rings is 1. The van der Waals surface area contributed by atoms with Gasteiger partial charge in [-0.15, -0.1) is 0 Å². The highest BCUT2D eigenvalue weighted by molar-refractivity contribution is 5.94. The quantitative estimate of drug-likeness (QED) is 0.465. The Hall–Kier alpha value is -4.28. The lowest BCUT2D eigenvalue weighted by Crippen LogP contribution is -2.30. The Morgan fingerprint density at radius 3 is 2.50 bits per heavy atom. The number of pyridine rings is 1. The van der Waals surface area contributed by atoms with Gasteiger partial charge in [0.05, 0.1) is 12.0 Å². The average Bonchev–Trinajstić information content (AvgIpc) is 2.73. The second-order valence-electron chi connectivity index (χ2n) is 5.20. The van der Waals surface area contributed by atoms with E-state index in [4.69, 9.17) is 9.47 Å². The summed E-state index contributed by atoms with van der Waals surface area (Å²) in [4.78, 5) is 34.4. The van der Waals surface area contributed by atoms with Crippen LogP contribution in [-0.4, -0.2) is 32.9 Å². The first-order valence-corrected chi connectivity index (χ1v) is 7.86.